The van der Waals surface area contributed by atoms with Gasteiger partial charge in [-0.25, -0.2) is 4.99 Å². The van der Waals surface area contributed by atoms with Gasteiger partial charge >= 0.3 is 6.18 Å². The lowest BCUT2D eigenvalue weighted by Crippen LogP contribution is -2.36. The van der Waals surface area contributed by atoms with Crippen LogP contribution in [-0.4, -0.2) is 19.6 Å². The van der Waals surface area contributed by atoms with Crippen molar-refractivity contribution in [1.29, 1.82) is 0 Å². The first kappa shape index (κ1) is 24.2. The van der Waals surface area contributed by atoms with Gasteiger partial charge in [0.2, 0.25) is 0 Å². The third-order valence-corrected chi connectivity index (χ3v) is 3.84. The molecule has 28 heavy (non-hydrogen) atoms. The molecule has 0 unspecified atom stereocenters. The molecule has 0 radical (unpaired) electrons. The standard InChI is InChI=1S/C20H24F3N3O.HI/c1-3-24-19(25-12-15-4-6-17(7-5-15)14-27-2)26-13-16-8-10-18(11-9-16)20(21,22)23;/h4-11H,3,12-14H2,1-2H3,(H2,24,25,26);1H. The second-order valence-corrected chi connectivity index (χ2v) is 5.99. The van der Waals surface area contributed by atoms with Crippen LogP contribution >= 0.6 is 24.0 Å². The molecule has 0 atom stereocenters. The maximum absolute atomic E-state index is 12.6. The predicted molar refractivity (Wildman–Crippen MR) is 116 cm³/mol. The molecule has 2 aromatic carbocycles. The molecule has 2 rings (SSSR count). The molecule has 0 heterocycles. The lowest BCUT2D eigenvalue weighted by Gasteiger charge is -2.12. The number of hydrogen-bond acceptors (Lipinski definition) is 2. The van der Waals surface area contributed by atoms with Crippen LogP contribution in [0.2, 0.25) is 0 Å². The van der Waals surface area contributed by atoms with Gasteiger partial charge in [0.1, 0.15) is 0 Å². The number of nitrogens with one attached hydrogen (secondary N) is 2. The minimum absolute atomic E-state index is 0. The van der Waals surface area contributed by atoms with Gasteiger partial charge in [-0.05, 0) is 35.7 Å². The highest BCUT2D eigenvalue weighted by molar-refractivity contribution is 14.0. The quantitative estimate of drug-likeness (QED) is 0.324. The van der Waals surface area contributed by atoms with Gasteiger partial charge in [-0.2, -0.15) is 13.2 Å². The SMILES string of the molecule is CCNC(=NCc1ccc(C(F)(F)F)cc1)NCc1ccc(COC)cc1.I. The van der Waals surface area contributed by atoms with Gasteiger partial charge in [-0.15, -0.1) is 24.0 Å². The summed E-state index contributed by atoms with van der Waals surface area (Å²) in [6.07, 6.45) is -4.32. The third-order valence-electron chi connectivity index (χ3n) is 3.84. The Morgan fingerprint density at radius 3 is 2.04 bits per heavy atom. The van der Waals surface area contributed by atoms with Crippen molar-refractivity contribution in [2.45, 2.75) is 32.8 Å². The molecule has 8 heteroatoms. The molecular weight excluding hydrogens is 482 g/mol. The lowest BCUT2D eigenvalue weighted by molar-refractivity contribution is -0.137. The summed E-state index contributed by atoms with van der Waals surface area (Å²) in [4.78, 5) is 4.43. The van der Waals surface area contributed by atoms with E-state index in [4.69, 9.17) is 4.74 Å². The summed E-state index contributed by atoms with van der Waals surface area (Å²) in [6.45, 7) is 4.10. The van der Waals surface area contributed by atoms with Crippen molar-refractivity contribution < 1.29 is 17.9 Å². The van der Waals surface area contributed by atoms with Crippen molar-refractivity contribution in [3.63, 3.8) is 0 Å². The van der Waals surface area contributed by atoms with Crippen LogP contribution in [-0.2, 0) is 30.6 Å². The second-order valence-electron chi connectivity index (χ2n) is 5.99. The minimum Gasteiger partial charge on any atom is -0.380 e. The van der Waals surface area contributed by atoms with Crippen molar-refractivity contribution in [2.24, 2.45) is 4.99 Å². The van der Waals surface area contributed by atoms with E-state index in [1.807, 2.05) is 31.2 Å². The van der Waals surface area contributed by atoms with Crippen LogP contribution in [0.5, 0.6) is 0 Å². The van der Waals surface area contributed by atoms with Crippen molar-refractivity contribution in [3.05, 3.63) is 70.8 Å². The van der Waals surface area contributed by atoms with E-state index in [9.17, 15) is 13.2 Å². The van der Waals surface area contributed by atoms with Crippen LogP contribution in [0.4, 0.5) is 13.2 Å². The fourth-order valence-electron chi connectivity index (χ4n) is 2.42. The highest BCUT2D eigenvalue weighted by Crippen LogP contribution is 2.29. The number of guanidine groups is 1. The normalized spacial score (nSPS) is 11.7. The molecule has 0 aliphatic carbocycles. The summed E-state index contributed by atoms with van der Waals surface area (Å²) >= 11 is 0. The molecule has 0 saturated carbocycles. The molecule has 0 fully saturated rings. The number of methoxy groups -OCH3 is 1. The third kappa shape index (κ3) is 8.05. The Balaban J connectivity index is 0.00000392. The van der Waals surface area contributed by atoms with E-state index >= 15 is 0 Å². The second kappa shape index (κ2) is 11.9. The van der Waals surface area contributed by atoms with Gasteiger partial charge in [0.15, 0.2) is 5.96 Å². The van der Waals surface area contributed by atoms with Gasteiger partial charge in [-0.3, -0.25) is 0 Å². The number of halogens is 4. The molecule has 2 aromatic rings. The summed E-state index contributed by atoms with van der Waals surface area (Å²) < 4.78 is 42.9. The molecule has 154 valence electrons. The number of ether oxygens (including phenoxy) is 1. The average Bonchev–Trinajstić information content (AvgIpc) is 2.65. The zero-order chi connectivity index (χ0) is 19.7. The van der Waals surface area contributed by atoms with E-state index in [1.54, 1.807) is 7.11 Å². The van der Waals surface area contributed by atoms with Gasteiger partial charge in [-0.1, -0.05) is 36.4 Å². The summed E-state index contributed by atoms with van der Waals surface area (Å²) in [7, 11) is 1.66. The largest absolute Gasteiger partial charge is 0.416 e. The van der Waals surface area contributed by atoms with Crippen molar-refractivity contribution in [2.75, 3.05) is 13.7 Å². The highest BCUT2D eigenvalue weighted by Gasteiger charge is 2.29. The number of benzene rings is 2. The minimum atomic E-state index is -4.32. The van der Waals surface area contributed by atoms with Crippen LogP contribution in [0, 0.1) is 0 Å². The molecule has 0 amide bonds. The summed E-state index contributed by atoms with van der Waals surface area (Å²) in [5, 5.41) is 6.35. The topological polar surface area (TPSA) is 45.7 Å². The van der Waals surface area contributed by atoms with Crippen LogP contribution in [0.25, 0.3) is 0 Å². The van der Waals surface area contributed by atoms with Crippen molar-refractivity contribution in [3.8, 4) is 0 Å². The maximum atomic E-state index is 12.6. The van der Waals surface area contributed by atoms with E-state index < -0.39 is 11.7 Å². The summed E-state index contributed by atoms with van der Waals surface area (Å²) in [5.74, 6) is 0.610. The Labute approximate surface area is 180 Å². The number of alkyl halides is 3. The maximum Gasteiger partial charge on any atom is 0.416 e. The number of aliphatic imine (C=N–C) groups is 1. The molecule has 0 saturated heterocycles. The first-order valence-corrected chi connectivity index (χ1v) is 8.67. The Morgan fingerprint density at radius 1 is 0.929 bits per heavy atom. The fourth-order valence-corrected chi connectivity index (χ4v) is 2.42. The van der Waals surface area contributed by atoms with E-state index in [-0.39, 0.29) is 24.0 Å². The van der Waals surface area contributed by atoms with Crippen LogP contribution in [0.1, 0.15) is 29.2 Å². The monoisotopic (exact) mass is 507 g/mol. The van der Waals surface area contributed by atoms with Gasteiger partial charge < -0.3 is 15.4 Å². The first-order chi connectivity index (χ1) is 12.9. The fraction of sp³-hybridized carbons (Fsp3) is 0.350. The lowest BCUT2D eigenvalue weighted by atomic mass is 10.1. The predicted octanol–water partition coefficient (Wildman–Crippen LogP) is 4.73. The number of rotatable bonds is 7. The average molecular weight is 507 g/mol. The van der Waals surface area contributed by atoms with E-state index in [0.29, 0.717) is 37.8 Å². The van der Waals surface area contributed by atoms with Crippen LogP contribution in [0.15, 0.2) is 53.5 Å². The Morgan fingerprint density at radius 2 is 1.50 bits per heavy atom. The van der Waals surface area contributed by atoms with E-state index in [0.717, 1.165) is 23.3 Å². The number of nitrogens with zero attached hydrogens (tertiary/aromatic N) is 1. The first-order valence-electron chi connectivity index (χ1n) is 8.67. The van der Waals surface area contributed by atoms with E-state index in [1.165, 1.54) is 12.1 Å². The molecule has 0 aliphatic heterocycles. The van der Waals surface area contributed by atoms with Gasteiger partial charge in [0.25, 0.3) is 0 Å². The zero-order valence-corrected chi connectivity index (χ0v) is 18.2. The zero-order valence-electron chi connectivity index (χ0n) is 15.8. The Hall–Kier alpha value is -1.81. The van der Waals surface area contributed by atoms with Crippen LogP contribution < -0.4 is 10.6 Å². The smallest absolute Gasteiger partial charge is 0.380 e. The van der Waals surface area contributed by atoms with E-state index in [2.05, 4.69) is 15.6 Å². The van der Waals surface area contributed by atoms with Crippen molar-refractivity contribution in [1.82, 2.24) is 10.6 Å². The molecule has 2 N–H and O–H groups in total. The van der Waals surface area contributed by atoms with Crippen LogP contribution in [0.3, 0.4) is 0 Å². The molecular formula is C20H25F3IN3O. The Bertz CT molecular complexity index is 732. The van der Waals surface area contributed by atoms with Crippen molar-refractivity contribution >= 4 is 29.9 Å². The highest BCUT2D eigenvalue weighted by atomic mass is 127. The van der Waals surface area contributed by atoms with Gasteiger partial charge in [0, 0.05) is 20.2 Å². The number of hydrogen-bond donors (Lipinski definition) is 2. The molecule has 0 bridgehead atoms. The molecule has 0 aromatic heterocycles. The summed E-state index contributed by atoms with van der Waals surface area (Å²) in [6, 6.07) is 13.1. The molecule has 4 nitrogen and oxygen atoms in total. The Kier molecular flexibility index (Phi) is 10.3. The molecule has 0 spiro atoms. The summed E-state index contributed by atoms with van der Waals surface area (Å²) in [5.41, 5.74) is 2.25. The van der Waals surface area contributed by atoms with Gasteiger partial charge in [0.05, 0.1) is 18.7 Å². The molecule has 0 aliphatic rings.